The molecule has 12 heavy (non-hydrogen) atoms. The van der Waals surface area contributed by atoms with Gasteiger partial charge in [-0.15, -0.1) is 0 Å². The highest BCUT2D eigenvalue weighted by Gasteiger charge is 2.09. The summed E-state index contributed by atoms with van der Waals surface area (Å²) in [6.45, 7) is 11.6. The Labute approximate surface area is 85.7 Å². The van der Waals surface area contributed by atoms with Gasteiger partial charge in [-0.3, -0.25) is 0 Å². The molecule has 0 saturated carbocycles. The van der Waals surface area contributed by atoms with Crippen LogP contribution in [0.3, 0.4) is 0 Å². The molecule has 0 aliphatic carbocycles. The van der Waals surface area contributed by atoms with Crippen molar-refractivity contribution in [2.75, 3.05) is 18.4 Å². The molecule has 0 aromatic heterocycles. The lowest BCUT2D eigenvalue weighted by molar-refractivity contribution is 0.199. The summed E-state index contributed by atoms with van der Waals surface area (Å²) >= 11 is 3.47. The Balaban J connectivity index is 3.70. The molecule has 74 valence electrons. The normalized spacial score (nSPS) is 12.0. The third-order valence-corrected chi connectivity index (χ3v) is 2.47. The van der Waals surface area contributed by atoms with Crippen LogP contribution in [0, 0.1) is 5.92 Å². The summed E-state index contributed by atoms with van der Waals surface area (Å²) in [6, 6.07) is 0.687. The largest absolute Gasteiger partial charge is 0.301 e. The van der Waals surface area contributed by atoms with Crippen LogP contribution in [-0.4, -0.2) is 29.4 Å². The minimum atomic E-state index is 0.687. The maximum absolute atomic E-state index is 3.47. The molecule has 0 bridgehead atoms. The molecular weight excluding hydrogens is 214 g/mol. The van der Waals surface area contributed by atoms with Crippen molar-refractivity contribution in [3.8, 4) is 0 Å². The smallest absolute Gasteiger partial charge is 0.00434 e. The second kappa shape index (κ2) is 6.90. The predicted octanol–water partition coefficient (Wildman–Crippen LogP) is 3.14. The molecule has 0 aliphatic rings. The lowest BCUT2D eigenvalue weighted by Crippen LogP contribution is -2.35. The molecular formula is C10H22BrN. The molecule has 0 amide bonds. The summed E-state index contributed by atoms with van der Waals surface area (Å²) < 4.78 is 0. The minimum Gasteiger partial charge on any atom is -0.301 e. The first kappa shape index (κ1) is 12.4. The first-order valence-electron chi connectivity index (χ1n) is 4.88. The standard InChI is InChI=1S/C10H22BrN/c1-9(2)8-12(10(3)4)7-5-6-11/h9-10H,5-8H2,1-4H3. The van der Waals surface area contributed by atoms with Gasteiger partial charge >= 0.3 is 0 Å². The van der Waals surface area contributed by atoms with E-state index in [1.807, 2.05) is 0 Å². The van der Waals surface area contributed by atoms with Gasteiger partial charge in [0.15, 0.2) is 0 Å². The van der Waals surface area contributed by atoms with Gasteiger partial charge in [0.2, 0.25) is 0 Å². The molecule has 0 atom stereocenters. The van der Waals surface area contributed by atoms with E-state index >= 15 is 0 Å². The van der Waals surface area contributed by atoms with Crippen molar-refractivity contribution in [1.82, 2.24) is 4.90 Å². The highest BCUT2D eigenvalue weighted by atomic mass is 79.9. The van der Waals surface area contributed by atoms with E-state index in [2.05, 4.69) is 48.5 Å². The SMILES string of the molecule is CC(C)CN(CCCBr)C(C)C. The second-order valence-electron chi connectivity index (χ2n) is 4.03. The zero-order valence-electron chi connectivity index (χ0n) is 8.81. The Morgan fingerprint density at radius 2 is 1.75 bits per heavy atom. The Hall–Kier alpha value is 0.440. The summed E-state index contributed by atoms with van der Waals surface area (Å²) in [5.74, 6) is 0.780. The number of halogens is 1. The van der Waals surface area contributed by atoms with Crippen LogP contribution in [0.1, 0.15) is 34.1 Å². The molecule has 2 heteroatoms. The van der Waals surface area contributed by atoms with E-state index in [4.69, 9.17) is 0 Å². The first-order valence-corrected chi connectivity index (χ1v) is 6.00. The van der Waals surface area contributed by atoms with E-state index < -0.39 is 0 Å². The summed E-state index contributed by atoms with van der Waals surface area (Å²) in [6.07, 6.45) is 1.25. The van der Waals surface area contributed by atoms with Gasteiger partial charge in [0, 0.05) is 17.9 Å². The average Bonchev–Trinajstić information content (AvgIpc) is 1.96. The van der Waals surface area contributed by atoms with Crippen LogP contribution in [-0.2, 0) is 0 Å². The monoisotopic (exact) mass is 235 g/mol. The quantitative estimate of drug-likeness (QED) is 0.640. The fourth-order valence-electron chi connectivity index (χ4n) is 1.29. The highest BCUT2D eigenvalue weighted by molar-refractivity contribution is 9.09. The van der Waals surface area contributed by atoms with E-state index in [0.717, 1.165) is 11.2 Å². The Bertz CT molecular complexity index is 102. The molecule has 0 fully saturated rings. The zero-order valence-corrected chi connectivity index (χ0v) is 10.4. The van der Waals surface area contributed by atoms with Gasteiger partial charge < -0.3 is 4.90 Å². The molecule has 0 rings (SSSR count). The lowest BCUT2D eigenvalue weighted by Gasteiger charge is -2.27. The van der Waals surface area contributed by atoms with Crippen LogP contribution in [0.25, 0.3) is 0 Å². The van der Waals surface area contributed by atoms with Crippen LogP contribution in [0.5, 0.6) is 0 Å². The Morgan fingerprint density at radius 3 is 2.08 bits per heavy atom. The molecule has 0 N–H and O–H groups in total. The first-order chi connectivity index (χ1) is 5.57. The minimum absolute atomic E-state index is 0.687. The molecule has 0 radical (unpaired) electrons. The highest BCUT2D eigenvalue weighted by Crippen LogP contribution is 2.05. The summed E-state index contributed by atoms with van der Waals surface area (Å²) in [5, 5.41) is 1.12. The maximum Gasteiger partial charge on any atom is 0.00434 e. The Kier molecular flexibility index (Phi) is 7.16. The Morgan fingerprint density at radius 1 is 1.17 bits per heavy atom. The fraction of sp³-hybridized carbons (Fsp3) is 1.00. The van der Waals surface area contributed by atoms with Crippen molar-refractivity contribution in [2.24, 2.45) is 5.92 Å². The number of rotatable bonds is 6. The lowest BCUT2D eigenvalue weighted by atomic mass is 10.1. The van der Waals surface area contributed by atoms with Gasteiger partial charge in [-0.2, -0.15) is 0 Å². The van der Waals surface area contributed by atoms with Crippen molar-refractivity contribution in [3.63, 3.8) is 0 Å². The van der Waals surface area contributed by atoms with E-state index in [0.29, 0.717) is 6.04 Å². The van der Waals surface area contributed by atoms with Crippen LogP contribution in [0.4, 0.5) is 0 Å². The number of nitrogens with zero attached hydrogens (tertiary/aromatic N) is 1. The number of hydrogen-bond acceptors (Lipinski definition) is 1. The third kappa shape index (κ3) is 6.01. The predicted molar refractivity (Wildman–Crippen MR) is 60.0 cm³/mol. The molecule has 0 aromatic carbocycles. The van der Waals surface area contributed by atoms with Crippen molar-refractivity contribution in [1.29, 1.82) is 0 Å². The van der Waals surface area contributed by atoms with E-state index in [1.54, 1.807) is 0 Å². The van der Waals surface area contributed by atoms with Crippen molar-refractivity contribution in [3.05, 3.63) is 0 Å². The molecule has 0 aliphatic heterocycles. The molecule has 0 unspecified atom stereocenters. The van der Waals surface area contributed by atoms with Gasteiger partial charge in [0.1, 0.15) is 0 Å². The topological polar surface area (TPSA) is 3.24 Å². The van der Waals surface area contributed by atoms with E-state index in [1.165, 1.54) is 19.5 Å². The van der Waals surface area contributed by atoms with Crippen molar-refractivity contribution in [2.45, 2.75) is 40.2 Å². The van der Waals surface area contributed by atoms with Crippen LogP contribution >= 0.6 is 15.9 Å². The molecule has 0 spiro atoms. The average molecular weight is 236 g/mol. The van der Waals surface area contributed by atoms with Crippen LogP contribution in [0.15, 0.2) is 0 Å². The van der Waals surface area contributed by atoms with Gasteiger partial charge in [0.25, 0.3) is 0 Å². The summed E-state index contributed by atoms with van der Waals surface area (Å²) in [5.41, 5.74) is 0. The van der Waals surface area contributed by atoms with Crippen molar-refractivity contribution >= 4 is 15.9 Å². The van der Waals surface area contributed by atoms with Gasteiger partial charge in [-0.25, -0.2) is 0 Å². The van der Waals surface area contributed by atoms with E-state index in [-0.39, 0.29) is 0 Å². The number of hydrogen-bond donors (Lipinski definition) is 0. The van der Waals surface area contributed by atoms with Crippen molar-refractivity contribution < 1.29 is 0 Å². The zero-order chi connectivity index (χ0) is 9.56. The molecule has 0 aromatic rings. The molecule has 0 saturated heterocycles. The summed E-state index contributed by atoms with van der Waals surface area (Å²) in [4.78, 5) is 2.55. The summed E-state index contributed by atoms with van der Waals surface area (Å²) in [7, 11) is 0. The number of alkyl halides is 1. The second-order valence-corrected chi connectivity index (χ2v) is 4.82. The van der Waals surface area contributed by atoms with Crippen LogP contribution < -0.4 is 0 Å². The van der Waals surface area contributed by atoms with E-state index in [9.17, 15) is 0 Å². The van der Waals surface area contributed by atoms with Gasteiger partial charge in [0.05, 0.1) is 0 Å². The molecule has 1 nitrogen and oxygen atoms in total. The van der Waals surface area contributed by atoms with Gasteiger partial charge in [-0.05, 0) is 32.7 Å². The van der Waals surface area contributed by atoms with Crippen LogP contribution in [0.2, 0.25) is 0 Å². The fourth-order valence-corrected chi connectivity index (χ4v) is 1.54. The molecule has 0 heterocycles. The maximum atomic E-state index is 3.47. The third-order valence-electron chi connectivity index (χ3n) is 1.91. The van der Waals surface area contributed by atoms with Gasteiger partial charge in [-0.1, -0.05) is 29.8 Å².